The number of hydrogen-bond donors (Lipinski definition) is 0. The zero-order valence-electron chi connectivity index (χ0n) is 9.89. The molecule has 0 atom stereocenters. The first-order chi connectivity index (χ1) is 0. The molecule has 0 saturated heterocycles. The van der Waals surface area contributed by atoms with E-state index in [9.17, 15) is 0 Å². The Kier molecular flexibility index (Phi) is 7230. The van der Waals surface area contributed by atoms with Gasteiger partial charge in [0.25, 0.3) is 0 Å². The number of hydrogen-bond acceptors (Lipinski definition) is 0. The fraction of sp³-hybridized carbons (Fsp3) is 0. The summed E-state index contributed by atoms with van der Waals surface area (Å²) in [6.07, 6.45) is 0. The molecule has 0 amide bonds. The van der Waals surface area contributed by atoms with Gasteiger partial charge in [-0.2, -0.15) is 0 Å². The van der Waals surface area contributed by atoms with Crippen LogP contribution in [0.1, 0.15) is 0 Å². The smallest absolute Gasteiger partial charge is 0 e. The van der Waals surface area contributed by atoms with Crippen molar-refractivity contribution >= 4 is 99.0 Å². The Hall–Kier alpha value is 6.56. The third-order valence-electron chi connectivity index (χ3n) is 0. The van der Waals surface area contributed by atoms with Gasteiger partial charge in [-0.25, -0.2) is 0 Å². The van der Waals surface area contributed by atoms with Crippen LogP contribution in [0.3, 0.4) is 0 Å². The Balaban J connectivity index is 0. The fourth-order valence-corrected chi connectivity index (χ4v) is 0. The van der Waals surface area contributed by atoms with Crippen LogP contribution in [0.15, 0.2) is 0 Å². The van der Waals surface area contributed by atoms with Crippen molar-refractivity contribution in [2.75, 3.05) is 0 Å². The molecule has 12 nitrogen and oxygen atoms in total. The quantitative estimate of drug-likeness (QED) is 0.204. The minimum absolute atomic E-state index is 0. The van der Waals surface area contributed by atoms with Crippen LogP contribution in [0.2, 0.25) is 0 Å². The normalized spacial score (nSPS) is 0. The van der Waals surface area contributed by atoms with Gasteiger partial charge in [-0.05, 0) is 0 Å². The summed E-state index contributed by atoms with van der Waals surface area (Å²) < 4.78 is 0. The monoisotopic (exact) mass is 1040 g/mol. The molecule has 138 valence electrons. The van der Waals surface area contributed by atoms with Gasteiger partial charge in [0, 0.05) is 215 Å². The summed E-state index contributed by atoms with van der Waals surface area (Å²) in [5.74, 6) is 0. The van der Waals surface area contributed by atoms with E-state index in [1.807, 2.05) is 0 Å². The third-order valence-corrected chi connectivity index (χ3v) is 0. The van der Waals surface area contributed by atoms with Gasteiger partial charge in [0.05, 0.1) is 0 Å². The van der Waals surface area contributed by atoms with Crippen LogP contribution in [-0.4, -0.2) is 165 Å². The molecule has 24 N–H and O–H groups in total. The Morgan fingerprint density at radius 2 is 0.150 bits per heavy atom. The van der Waals surface area contributed by atoms with Crippen LogP contribution >= 0.6 is 0 Å². The van der Waals surface area contributed by atoms with Gasteiger partial charge in [-0.15, -0.1) is 0 Å². The van der Waals surface area contributed by atoms with Crippen LogP contribution in [0.4, 0.5) is 0 Å². The van der Waals surface area contributed by atoms with E-state index in [4.69, 9.17) is 0 Å². The van der Waals surface area contributed by atoms with Gasteiger partial charge in [-0.1, -0.05) is 0 Å². The summed E-state index contributed by atoms with van der Waals surface area (Å²) in [5.41, 5.74) is 0. The SMILES string of the molecule is O.O.O.O.O.O.O.O.O.O.O.O.[Ga].[Ga].[Ga].[Ga].[Ga].[Tb].[Tb].[Tb]. The van der Waals surface area contributed by atoms with Crippen molar-refractivity contribution < 1.29 is 182 Å². The average molecular weight is 1040 g/mol. The van der Waals surface area contributed by atoms with Gasteiger partial charge < -0.3 is 65.7 Å². The first-order valence-electron chi connectivity index (χ1n) is 0. The summed E-state index contributed by atoms with van der Waals surface area (Å²) >= 11 is 0. The van der Waals surface area contributed by atoms with Gasteiger partial charge in [-0.3, -0.25) is 0 Å². The van der Waals surface area contributed by atoms with Crippen LogP contribution in [0, 0.1) is 116 Å². The molecule has 0 rings (SSSR count). The Labute approximate surface area is 274 Å². The maximum atomic E-state index is 0. The summed E-state index contributed by atoms with van der Waals surface area (Å²) in [6, 6.07) is 0. The molecule has 0 aromatic heterocycles. The molecule has 0 saturated carbocycles. The predicted molar refractivity (Wildman–Crippen MR) is 72.1 cm³/mol. The second-order valence-corrected chi connectivity index (χ2v) is 0. The summed E-state index contributed by atoms with van der Waals surface area (Å²) in [4.78, 5) is 0. The van der Waals surface area contributed by atoms with Crippen molar-refractivity contribution in [1.29, 1.82) is 0 Å². The molecule has 0 unspecified atom stereocenters. The van der Waals surface area contributed by atoms with Crippen molar-refractivity contribution in [2.45, 2.75) is 0 Å². The minimum Gasteiger partial charge on any atom is -0.412 e. The van der Waals surface area contributed by atoms with Gasteiger partial charge >= 0.3 is 0 Å². The molecule has 0 aromatic carbocycles. The van der Waals surface area contributed by atoms with Gasteiger partial charge in [0.1, 0.15) is 0 Å². The maximum Gasteiger partial charge on any atom is 0 e. The van der Waals surface area contributed by atoms with Crippen LogP contribution in [0.5, 0.6) is 0 Å². The second-order valence-electron chi connectivity index (χ2n) is 0. The molecule has 0 aliphatic rings. The maximum absolute atomic E-state index is 0. The standard InChI is InChI=1S/5Ga.12H2O.3Tb/h;;;;;12*1H2;;;. The third kappa shape index (κ3) is 317. The van der Waals surface area contributed by atoms with E-state index in [1.54, 1.807) is 0 Å². The molecule has 0 aliphatic carbocycles. The van der Waals surface area contributed by atoms with E-state index in [2.05, 4.69) is 0 Å². The van der Waals surface area contributed by atoms with Crippen molar-refractivity contribution in [2.24, 2.45) is 0 Å². The molecular weight excluding hydrogens is 1020 g/mol. The molecule has 0 aliphatic heterocycles. The molecule has 20 heavy (non-hydrogen) atoms. The minimum atomic E-state index is 0. The van der Waals surface area contributed by atoms with Gasteiger partial charge in [0.2, 0.25) is 0 Å². The molecule has 0 fully saturated rings. The topological polar surface area (TPSA) is 378 Å². The molecule has 0 bridgehead atoms. The van der Waals surface area contributed by atoms with Crippen molar-refractivity contribution in [3.05, 3.63) is 0 Å². The van der Waals surface area contributed by atoms with E-state index in [-0.39, 0.29) is 281 Å². The number of rotatable bonds is 0. The van der Waals surface area contributed by atoms with E-state index >= 15 is 0 Å². The van der Waals surface area contributed by atoms with Crippen molar-refractivity contribution in [3.63, 3.8) is 0 Å². The molecular formula is H24Ga5O12Tb3. The van der Waals surface area contributed by atoms with Crippen LogP contribution in [0.25, 0.3) is 0 Å². The molecule has 0 heterocycles. The molecule has 18 radical (unpaired) electrons. The van der Waals surface area contributed by atoms with Crippen molar-refractivity contribution in [1.82, 2.24) is 0 Å². The van der Waals surface area contributed by atoms with E-state index in [0.29, 0.717) is 0 Å². The fourth-order valence-electron chi connectivity index (χ4n) is 0. The first-order valence-corrected chi connectivity index (χ1v) is 0. The molecule has 0 aromatic rings. The Morgan fingerprint density at radius 1 is 0.150 bits per heavy atom. The second kappa shape index (κ2) is 358. The van der Waals surface area contributed by atoms with Crippen LogP contribution in [-0.2, 0) is 0 Å². The van der Waals surface area contributed by atoms with Gasteiger partial charge in [0.15, 0.2) is 0 Å². The first kappa shape index (κ1) is 403. The largest absolute Gasteiger partial charge is 0.412 e. The van der Waals surface area contributed by atoms with E-state index < -0.39 is 0 Å². The summed E-state index contributed by atoms with van der Waals surface area (Å²) in [7, 11) is 0. The Morgan fingerprint density at radius 3 is 0.150 bits per heavy atom. The van der Waals surface area contributed by atoms with E-state index in [1.165, 1.54) is 0 Å². The zero-order chi connectivity index (χ0) is 0. The Bertz CT molecular complexity index is 27.1. The molecule has 20 heteroatoms. The van der Waals surface area contributed by atoms with E-state index in [0.717, 1.165) is 0 Å². The predicted octanol–water partition coefficient (Wildman–Crippen LogP) is -11.8. The summed E-state index contributed by atoms with van der Waals surface area (Å²) in [6.45, 7) is 0. The van der Waals surface area contributed by atoms with Crippen LogP contribution < -0.4 is 0 Å². The average Bonchev–Trinajstić information content (AvgIpc) is 0. The summed E-state index contributed by atoms with van der Waals surface area (Å²) in [5, 5.41) is 0. The molecule has 0 spiro atoms. The van der Waals surface area contributed by atoms with Crippen molar-refractivity contribution in [3.8, 4) is 0 Å². The zero-order valence-corrected chi connectivity index (χ0v) is 28.4.